The third-order valence-electron chi connectivity index (χ3n) is 6.03. The zero-order valence-corrected chi connectivity index (χ0v) is 19.8. The van der Waals surface area contributed by atoms with E-state index in [0.717, 1.165) is 68.1 Å². The van der Waals surface area contributed by atoms with Gasteiger partial charge in [-0.05, 0) is 42.0 Å². The number of rotatable bonds is 8. The van der Waals surface area contributed by atoms with Crippen molar-refractivity contribution in [3.8, 4) is 22.6 Å². The van der Waals surface area contributed by atoms with Gasteiger partial charge in [0.1, 0.15) is 11.6 Å². The van der Waals surface area contributed by atoms with Crippen molar-refractivity contribution >= 4 is 11.5 Å². The molecule has 1 aromatic heterocycles. The maximum absolute atomic E-state index is 13.9. The van der Waals surface area contributed by atoms with Gasteiger partial charge in [0, 0.05) is 74.2 Å². The summed E-state index contributed by atoms with van der Waals surface area (Å²) in [7, 11) is 1.61. The first-order valence-electron chi connectivity index (χ1n) is 11.5. The number of nitrogens with one attached hydrogen (secondary N) is 1. The summed E-state index contributed by atoms with van der Waals surface area (Å²) in [5.41, 5.74) is 8.60. The van der Waals surface area contributed by atoms with Crippen molar-refractivity contribution in [2.75, 3.05) is 50.5 Å². The number of aromatic nitrogens is 1. The SMILES string of the molecule is COc1cc(N2CCNCC2)ccc1-c1cnc(N)c(OCCc2cc(F)ccc2C(C)(F)F)c1. The molecule has 0 amide bonds. The van der Waals surface area contributed by atoms with E-state index in [1.165, 1.54) is 0 Å². The predicted molar refractivity (Wildman–Crippen MR) is 131 cm³/mol. The highest BCUT2D eigenvalue weighted by Crippen LogP contribution is 2.36. The predicted octanol–water partition coefficient (Wildman–Crippen LogP) is 4.62. The molecule has 3 N–H and O–H groups in total. The Bertz CT molecular complexity index is 1180. The Labute approximate surface area is 202 Å². The lowest BCUT2D eigenvalue weighted by Gasteiger charge is -2.30. The van der Waals surface area contributed by atoms with E-state index < -0.39 is 11.7 Å². The second-order valence-corrected chi connectivity index (χ2v) is 8.52. The summed E-state index contributed by atoms with van der Waals surface area (Å²) >= 11 is 0. The first kappa shape index (κ1) is 24.7. The molecule has 0 spiro atoms. The van der Waals surface area contributed by atoms with Crippen LogP contribution >= 0.6 is 0 Å². The Morgan fingerprint density at radius 1 is 1.09 bits per heavy atom. The van der Waals surface area contributed by atoms with Crippen LogP contribution in [0.3, 0.4) is 0 Å². The van der Waals surface area contributed by atoms with Gasteiger partial charge in [-0.3, -0.25) is 0 Å². The van der Waals surface area contributed by atoms with Crippen LogP contribution < -0.4 is 25.4 Å². The molecule has 0 atom stereocenters. The van der Waals surface area contributed by atoms with E-state index in [1.54, 1.807) is 19.4 Å². The van der Waals surface area contributed by atoms with Crippen LogP contribution in [0.15, 0.2) is 48.7 Å². The van der Waals surface area contributed by atoms with Crippen LogP contribution in [0.2, 0.25) is 0 Å². The van der Waals surface area contributed by atoms with Gasteiger partial charge in [0.2, 0.25) is 0 Å². The van der Waals surface area contributed by atoms with Gasteiger partial charge in [0.05, 0.1) is 13.7 Å². The Morgan fingerprint density at radius 2 is 1.86 bits per heavy atom. The summed E-state index contributed by atoms with van der Waals surface area (Å²) < 4.78 is 52.9. The number of ether oxygens (including phenoxy) is 2. The fourth-order valence-corrected chi connectivity index (χ4v) is 4.22. The molecule has 1 saturated heterocycles. The molecular weight excluding hydrogens is 457 g/mol. The minimum atomic E-state index is -3.09. The summed E-state index contributed by atoms with van der Waals surface area (Å²) in [4.78, 5) is 6.53. The van der Waals surface area contributed by atoms with Gasteiger partial charge >= 0.3 is 0 Å². The number of benzene rings is 2. The fraction of sp³-hybridized carbons (Fsp3) is 0.346. The highest BCUT2D eigenvalue weighted by Gasteiger charge is 2.27. The summed E-state index contributed by atoms with van der Waals surface area (Å²) in [6, 6.07) is 11.0. The van der Waals surface area contributed by atoms with Gasteiger partial charge in [-0.15, -0.1) is 0 Å². The lowest BCUT2D eigenvalue weighted by Crippen LogP contribution is -2.43. The maximum Gasteiger partial charge on any atom is 0.270 e. The molecule has 186 valence electrons. The third-order valence-corrected chi connectivity index (χ3v) is 6.03. The number of pyridine rings is 1. The number of nitrogens with zero attached hydrogens (tertiary/aromatic N) is 2. The first-order valence-corrected chi connectivity index (χ1v) is 11.5. The van der Waals surface area contributed by atoms with E-state index in [4.69, 9.17) is 15.2 Å². The highest BCUT2D eigenvalue weighted by atomic mass is 19.3. The van der Waals surface area contributed by atoms with Crippen molar-refractivity contribution in [3.05, 3.63) is 65.6 Å². The number of hydrogen-bond donors (Lipinski definition) is 2. The van der Waals surface area contributed by atoms with Crippen molar-refractivity contribution in [2.24, 2.45) is 0 Å². The zero-order valence-electron chi connectivity index (χ0n) is 19.8. The Balaban J connectivity index is 1.52. The molecule has 2 heterocycles. The van der Waals surface area contributed by atoms with E-state index in [1.807, 2.05) is 18.2 Å². The Morgan fingerprint density at radius 3 is 2.57 bits per heavy atom. The number of alkyl halides is 2. The number of hydrogen-bond acceptors (Lipinski definition) is 6. The standard InChI is InChI=1S/C26H29F3N4O2/c1-26(28,29)22-6-3-19(27)13-17(22)7-12-35-24-14-18(16-32-25(24)30)21-5-4-20(15-23(21)34-2)33-10-8-31-9-11-33/h3-6,13-16,31H,7-12H2,1-2H3,(H2,30,32). The van der Waals surface area contributed by atoms with Crippen molar-refractivity contribution in [3.63, 3.8) is 0 Å². The van der Waals surface area contributed by atoms with Crippen LogP contribution in [-0.4, -0.2) is 44.9 Å². The molecule has 3 aromatic rings. The fourth-order valence-electron chi connectivity index (χ4n) is 4.22. The maximum atomic E-state index is 13.9. The van der Waals surface area contributed by atoms with Gasteiger partial charge in [0.15, 0.2) is 11.6 Å². The van der Waals surface area contributed by atoms with Gasteiger partial charge in [-0.2, -0.15) is 0 Å². The van der Waals surface area contributed by atoms with Gasteiger partial charge in [-0.1, -0.05) is 0 Å². The lowest BCUT2D eigenvalue weighted by molar-refractivity contribution is 0.0163. The normalized spacial score (nSPS) is 14.1. The monoisotopic (exact) mass is 486 g/mol. The second-order valence-electron chi connectivity index (χ2n) is 8.52. The number of piperazine rings is 1. The smallest absolute Gasteiger partial charge is 0.270 e. The molecule has 0 bridgehead atoms. The number of methoxy groups -OCH3 is 1. The average molecular weight is 487 g/mol. The van der Waals surface area contributed by atoms with Crippen LogP contribution in [0.25, 0.3) is 11.1 Å². The summed E-state index contributed by atoms with van der Waals surface area (Å²) in [6.07, 6.45) is 1.72. The van der Waals surface area contributed by atoms with Gasteiger partial charge in [-0.25, -0.2) is 18.2 Å². The molecule has 1 aliphatic rings. The van der Waals surface area contributed by atoms with Gasteiger partial charge < -0.3 is 25.4 Å². The Hall–Kier alpha value is -3.46. The largest absolute Gasteiger partial charge is 0.496 e. The van der Waals surface area contributed by atoms with Crippen molar-refractivity contribution in [2.45, 2.75) is 19.3 Å². The minimum Gasteiger partial charge on any atom is -0.496 e. The Kier molecular flexibility index (Phi) is 7.35. The number of nitrogens with two attached hydrogens (primary N) is 1. The average Bonchev–Trinajstić information content (AvgIpc) is 2.84. The highest BCUT2D eigenvalue weighted by molar-refractivity contribution is 5.75. The van der Waals surface area contributed by atoms with Crippen molar-refractivity contribution in [1.29, 1.82) is 0 Å². The van der Waals surface area contributed by atoms with Crippen LogP contribution in [0.5, 0.6) is 11.5 Å². The molecule has 0 unspecified atom stereocenters. The lowest BCUT2D eigenvalue weighted by atomic mass is 10.00. The number of halogens is 3. The topological polar surface area (TPSA) is 72.6 Å². The number of nitrogen functional groups attached to an aromatic ring is 1. The molecule has 0 radical (unpaired) electrons. The summed E-state index contributed by atoms with van der Waals surface area (Å²) in [5.74, 6) is -2.49. The van der Waals surface area contributed by atoms with Crippen molar-refractivity contribution in [1.82, 2.24) is 10.3 Å². The van der Waals surface area contributed by atoms with E-state index in [9.17, 15) is 13.2 Å². The molecule has 35 heavy (non-hydrogen) atoms. The third kappa shape index (κ3) is 5.79. The summed E-state index contributed by atoms with van der Waals surface area (Å²) in [5, 5.41) is 3.34. The molecule has 9 heteroatoms. The van der Waals surface area contributed by atoms with Crippen LogP contribution in [0.4, 0.5) is 24.7 Å². The summed E-state index contributed by atoms with van der Waals surface area (Å²) in [6.45, 7) is 4.51. The van der Waals surface area contributed by atoms with E-state index >= 15 is 0 Å². The second kappa shape index (κ2) is 10.4. The molecule has 1 fully saturated rings. The molecule has 2 aromatic carbocycles. The van der Waals surface area contributed by atoms with Crippen LogP contribution in [0, 0.1) is 5.82 Å². The molecule has 6 nitrogen and oxygen atoms in total. The van der Waals surface area contributed by atoms with E-state index in [-0.39, 0.29) is 30.0 Å². The molecular formula is C26H29F3N4O2. The molecule has 0 aliphatic carbocycles. The van der Waals surface area contributed by atoms with E-state index in [2.05, 4.69) is 15.2 Å². The van der Waals surface area contributed by atoms with Crippen LogP contribution in [0.1, 0.15) is 18.1 Å². The molecule has 4 rings (SSSR count). The first-order chi connectivity index (χ1) is 16.8. The van der Waals surface area contributed by atoms with Gasteiger partial charge in [0.25, 0.3) is 5.92 Å². The van der Waals surface area contributed by atoms with E-state index in [0.29, 0.717) is 11.5 Å². The molecule has 0 saturated carbocycles. The molecule has 1 aliphatic heterocycles. The van der Waals surface area contributed by atoms with Crippen molar-refractivity contribution < 1.29 is 22.6 Å². The zero-order chi connectivity index (χ0) is 25.0. The quantitative estimate of drug-likeness (QED) is 0.484. The number of anilines is 2. The minimum absolute atomic E-state index is 0.0287. The van der Waals surface area contributed by atoms with Crippen LogP contribution in [-0.2, 0) is 12.3 Å².